The van der Waals surface area contributed by atoms with Crippen molar-refractivity contribution in [1.29, 1.82) is 0 Å². The molecule has 2 fully saturated rings. The fraction of sp³-hybridized carbons (Fsp3) is 0.538. The number of alkyl halides is 3. The predicted molar refractivity (Wildman–Crippen MR) is 130 cm³/mol. The molecule has 1 N–H and O–H groups in total. The third kappa shape index (κ3) is 4.41. The van der Waals surface area contributed by atoms with Gasteiger partial charge in [0.1, 0.15) is 18.0 Å². The zero-order chi connectivity index (χ0) is 24.9. The number of hydrogen-bond donors (Lipinski definition) is 1. The third-order valence-electron chi connectivity index (χ3n) is 7.98. The summed E-state index contributed by atoms with van der Waals surface area (Å²) < 4.78 is 42.0. The van der Waals surface area contributed by atoms with Gasteiger partial charge in [0.2, 0.25) is 5.95 Å². The Balaban J connectivity index is 1.22. The van der Waals surface area contributed by atoms with Crippen LogP contribution in [0.1, 0.15) is 60.7 Å². The average Bonchev–Trinajstić information content (AvgIpc) is 3.25. The Kier molecular flexibility index (Phi) is 5.84. The molecule has 0 spiro atoms. The molecule has 0 amide bonds. The molecule has 1 aliphatic carbocycles. The van der Waals surface area contributed by atoms with Crippen LogP contribution < -0.4 is 10.2 Å². The number of hydrogen-bond acceptors (Lipinski definition) is 6. The number of anilines is 2. The number of piperidine rings is 1. The maximum absolute atomic E-state index is 13.4. The Morgan fingerprint density at radius 1 is 1.00 bits per heavy atom. The van der Waals surface area contributed by atoms with Gasteiger partial charge in [-0.05, 0) is 56.1 Å². The summed E-state index contributed by atoms with van der Waals surface area (Å²) in [7, 11) is 0. The molecule has 1 aromatic carbocycles. The van der Waals surface area contributed by atoms with E-state index in [0.717, 1.165) is 75.1 Å². The minimum absolute atomic E-state index is 0.197. The summed E-state index contributed by atoms with van der Waals surface area (Å²) in [5.74, 6) is 3.06. The molecule has 1 unspecified atom stereocenters. The van der Waals surface area contributed by atoms with Crippen LogP contribution >= 0.6 is 0 Å². The fourth-order valence-electron chi connectivity index (χ4n) is 6.23. The number of aromatic nitrogens is 5. The molecule has 3 aliphatic rings. The molecular formula is C26H30F3N7. The second-order valence-electron chi connectivity index (χ2n) is 10.4. The molecule has 4 heterocycles. The first-order chi connectivity index (χ1) is 17.3. The lowest BCUT2D eigenvalue weighted by Crippen LogP contribution is -2.48. The number of fused-ring (bicyclic) bond motifs is 3. The van der Waals surface area contributed by atoms with Crippen molar-refractivity contribution in [2.24, 2.45) is 11.8 Å². The van der Waals surface area contributed by atoms with E-state index in [1.807, 2.05) is 17.7 Å². The minimum Gasteiger partial charge on any atom is -0.356 e. The van der Waals surface area contributed by atoms with Crippen LogP contribution in [0.4, 0.5) is 24.9 Å². The molecule has 6 rings (SSSR count). The van der Waals surface area contributed by atoms with Crippen molar-refractivity contribution in [2.75, 3.05) is 23.3 Å². The summed E-state index contributed by atoms with van der Waals surface area (Å²) in [4.78, 5) is 15.9. The van der Waals surface area contributed by atoms with Crippen LogP contribution in [0.3, 0.4) is 0 Å². The van der Waals surface area contributed by atoms with E-state index >= 15 is 0 Å². The monoisotopic (exact) mass is 497 g/mol. The Labute approximate surface area is 208 Å². The van der Waals surface area contributed by atoms with Crippen LogP contribution in [0.15, 0.2) is 36.7 Å². The lowest BCUT2D eigenvalue weighted by Gasteiger charge is -2.38. The summed E-state index contributed by atoms with van der Waals surface area (Å²) in [5, 5.41) is 8.40. The highest BCUT2D eigenvalue weighted by Gasteiger charge is 2.43. The van der Waals surface area contributed by atoms with Crippen molar-refractivity contribution in [3.8, 4) is 0 Å². The molecule has 0 radical (unpaired) electrons. The van der Waals surface area contributed by atoms with E-state index in [1.165, 1.54) is 12.1 Å². The first kappa shape index (κ1) is 23.2. The van der Waals surface area contributed by atoms with Gasteiger partial charge in [0.25, 0.3) is 0 Å². The zero-order valence-electron chi connectivity index (χ0n) is 20.2. The van der Waals surface area contributed by atoms with E-state index < -0.39 is 11.7 Å². The normalized spacial score (nSPS) is 25.9. The van der Waals surface area contributed by atoms with Crippen molar-refractivity contribution in [3.05, 3.63) is 59.3 Å². The van der Waals surface area contributed by atoms with Crippen LogP contribution in [0, 0.1) is 18.8 Å². The summed E-state index contributed by atoms with van der Waals surface area (Å²) >= 11 is 0. The highest BCUT2D eigenvalue weighted by atomic mass is 19.4. The van der Waals surface area contributed by atoms with Gasteiger partial charge < -0.3 is 10.2 Å². The molecule has 10 heteroatoms. The second-order valence-corrected chi connectivity index (χ2v) is 10.4. The van der Waals surface area contributed by atoms with E-state index in [-0.39, 0.29) is 12.0 Å². The van der Waals surface area contributed by atoms with Crippen LogP contribution in [0.2, 0.25) is 0 Å². The standard InChI is InChI=1S/C26H30F3N7/c1-16-11-22(31-15-30-16)35-13-18-8-9-19(14-35)23(18)32-25-33-24-21(7-2-3-10-36(24)34-25)17-5-4-6-20(12-17)26(27,28)29/h4-6,11-12,15,18-19,21,23H,2-3,7-10,13-14H2,1H3,(H,32,34)/t18-,19+,21-,23?/m1/s1. The molecule has 2 aliphatic heterocycles. The van der Waals surface area contributed by atoms with Gasteiger partial charge in [0, 0.05) is 43.4 Å². The molecule has 1 saturated heterocycles. The van der Waals surface area contributed by atoms with Gasteiger partial charge in [-0.25, -0.2) is 14.6 Å². The molecule has 36 heavy (non-hydrogen) atoms. The average molecular weight is 498 g/mol. The highest BCUT2D eigenvalue weighted by Crippen LogP contribution is 2.40. The number of nitrogens with one attached hydrogen (secondary N) is 1. The van der Waals surface area contributed by atoms with E-state index in [0.29, 0.717) is 23.3 Å². The van der Waals surface area contributed by atoms with E-state index in [9.17, 15) is 13.2 Å². The number of nitrogens with zero attached hydrogens (tertiary/aromatic N) is 6. The van der Waals surface area contributed by atoms with Gasteiger partial charge in [0.15, 0.2) is 0 Å². The van der Waals surface area contributed by atoms with Crippen molar-refractivity contribution < 1.29 is 13.2 Å². The molecule has 2 aromatic heterocycles. The van der Waals surface area contributed by atoms with Gasteiger partial charge in [-0.15, -0.1) is 5.10 Å². The summed E-state index contributed by atoms with van der Waals surface area (Å²) in [6.45, 7) is 4.56. The van der Waals surface area contributed by atoms with E-state index in [1.54, 1.807) is 12.4 Å². The molecule has 7 nitrogen and oxygen atoms in total. The van der Waals surface area contributed by atoms with Gasteiger partial charge >= 0.3 is 6.18 Å². The lowest BCUT2D eigenvalue weighted by molar-refractivity contribution is -0.137. The summed E-state index contributed by atoms with van der Waals surface area (Å²) in [5.41, 5.74) is 1.00. The van der Waals surface area contributed by atoms with Gasteiger partial charge in [0.05, 0.1) is 5.56 Å². The van der Waals surface area contributed by atoms with Crippen LogP contribution in [0.5, 0.6) is 0 Å². The van der Waals surface area contributed by atoms with Crippen molar-refractivity contribution in [1.82, 2.24) is 24.7 Å². The molecular weight excluding hydrogens is 467 g/mol. The van der Waals surface area contributed by atoms with Gasteiger partial charge in [-0.2, -0.15) is 18.2 Å². The maximum Gasteiger partial charge on any atom is 0.416 e. The summed E-state index contributed by atoms with van der Waals surface area (Å²) in [6, 6.07) is 7.99. The van der Waals surface area contributed by atoms with E-state index in [2.05, 4.69) is 20.2 Å². The largest absolute Gasteiger partial charge is 0.416 e. The Hall–Kier alpha value is -3.17. The first-order valence-corrected chi connectivity index (χ1v) is 12.8. The van der Waals surface area contributed by atoms with Crippen molar-refractivity contribution >= 4 is 11.8 Å². The summed E-state index contributed by atoms with van der Waals surface area (Å²) in [6.07, 6.45) is 2.18. The molecule has 2 bridgehead atoms. The quantitative estimate of drug-likeness (QED) is 0.545. The van der Waals surface area contributed by atoms with Crippen molar-refractivity contribution in [2.45, 2.75) is 63.7 Å². The maximum atomic E-state index is 13.4. The smallest absolute Gasteiger partial charge is 0.356 e. The number of rotatable bonds is 4. The third-order valence-corrected chi connectivity index (χ3v) is 7.98. The molecule has 4 atom stereocenters. The van der Waals surface area contributed by atoms with Gasteiger partial charge in [-0.1, -0.05) is 24.6 Å². The topological polar surface area (TPSA) is 71.8 Å². The first-order valence-electron chi connectivity index (χ1n) is 12.8. The zero-order valence-corrected chi connectivity index (χ0v) is 20.2. The minimum atomic E-state index is -4.36. The molecule has 1 saturated carbocycles. The number of aryl methyl sites for hydroxylation is 2. The fourth-order valence-corrected chi connectivity index (χ4v) is 6.23. The molecule has 3 aromatic rings. The SMILES string of the molecule is Cc1cc(N2C[C@H]3CC[C@@H](C2)C3Nc2nc3n(n2)CCCC[C@@H]3c2cccc(C(F)(F)F)c2)ncn1. The van der Waals surface area contributed by atoms with Crippen LogP contribution in [-0.4, -0.2) is 43.9 Å². The lowest BCUT2D eigenvalue weighted by atomic mass is 9.92. The Morgan fingerprint density at radius 3 is 2.56 bits per heavy atom. The van der Waals surface area contributed by atoms with Gasteiger partial charge in [-0.3, -0.25) is 0 Å². The number of benzene rings is 1. The molecule has 190 valence electrons. The highest BCUT2D eigenvalue weighted by molar-refractivity contribution is 5.42. The van der Waals surface area contributed by atoms with E-state index in [4.69, 9.17) is 10.1 Å². The Morgan fingerprint density at radius 2 is 1.81 bits per heavy atom. The van der Waals surface area contributed by atoms with Crippen LogP contribution in [0.25, 0.3) is 0 Å². The van der Waals surface area contributed by atoms with Crippen LogP contribution in [-0.2, 0) is 12.7 Å². The Bertz CT molecular complexity index is 1230. The second kappa shape index (κ2) is 9.05. The van der Waals surface area contributed by atoms with Crippen molar-refractivity contribution in [3.63, 3.8) is 0 Å². The predicted octanol–water partition coefficient (Wildman–Crippen LogP) is 5.04. The number of halogens is 3.